The molecule has 116 valence electrons. The van der Waals surface area contributed by atoms with Gasteiger partial charge >= 0.3 is 12.0 Å². The number of carbonyl (C=O) groups excluding carboxylic acids is 1. The summed E-state index contributed by atoms with van der Waals surface area (Å²) in [5.74, 6) is -1.11. The van der Waals surface area contributed by atoms with Crippen molar-refractivity contribution in [3.8, 4) is 0 Å². The van der Waals surface area contributed by atoms with Gasteiger partial charge < -0.3 is 15.7 Å². The second-order valence-electron chi connectivity index (χ2n) is 5.40. The highest BCUT2D eigenvalue weighted by Crippen LogP contribution is 2.26. The number of urea groups is 1. The molecular formula is C14H21N3O3S. The molecular weight excluding hydrogens is 290 g/mol. The number of rotatable bonds is 5. The van der Waals surface area contributed by atoms with Crippen LogP contribution in [-0.2, 0) is 11.2 Å². The zero-order chi connectivity index (χ0) is 15.4. The Bertz CT molecular complexity index is 517. The topological polar surface area (TPSA) is 91.3 Å². The minimum atomic E-state index is -0.775. The van der Waals surface area contributed by atoms with Crippen LogP contribution in [0.3, 0.4) is 0 Å². The Morgan fingerprint density at radius 3 is 2.86 bits per heavy atom. The second kappa shape index (κ2) is 6.89. The third-order valence-corrected chi connectivity index (χ3v) is 5.08. The van der Waals surface area contributed by atoms with Gasteiger partial charge in [-0.1, -0.05) is 6.92 Å². The zero-order valence-corrected chi connectivity index (χ0v) is 13.1. The molecule has 3 unspecified atom stereocenters. The summed E-state index contributed by atoms with van der Waals surface area (Å²) in [7, 11) is 0. The van der Waals surface area contributed by atoms with Crippen molar-refractivity contribution in [1.29, 1.82) is 0 Å². The first kappa shape index (κ1) is 15.8. The van der Waals surface area contributed by atoms with E-state index in [4.69, 9.17) is 5.11 Å². The molecule has 3 atom stereocenters. The first-order valence-corrected chi connectivity index (χ1v) is 8.05. The van der Waals surface area contributed by atoms with Gasteiger partial charge in [0.15, 0.2) is 0 Å². The maximum absolute atomic E-state index is 11.9. The van der Waals surface area contributed by atoms with Crippen molar-refractivity contribution in [3.63, 3.8) is 0 Å². The lowest BCUT2D eigenvalue weighted by molar-refractivity contribution is -0.141. The van der Waals surface area contributed by atoms with Gasteiger partial charge in [0, 0.05) is 17.1 Å². The third kappa shape index (κ3) is 4.17. The van der Waals surface area contributed by atoms with E-state index in [9.17, 15) is 9.59 Å². The van der Waals surface area contributed by atoms with E-state index in [1.165, 1.54) is 4.88 Å². The number of hydrogen-bond acceptors (Lipinski definition) is 4. The SMILES string of the molecule is CCc1cnc(C(C)NC(=O)NC2CCC(C(=O)O)C2)s1. The van der Waals surface area contributed by atoms with Crippen LogP contribution in [0.1, 0.15) is 49.0 Å². The Balaban J connectivity index is 1.80. The van der Waals surface area contributed by atoms with E-state index < -0.39 is 5.97 Å². The van der Waals surface area contributed by atoms with Crippen molar-refractivity contribution in [3.05, 3.63) is 16.1 Å². The zero-order valence-electron chi connectivity index (χ0n) is 12.3. The summed E-state index contributed by atoms with van der Waals surface area (Å²) < 4.78 is 0. The lowest BCUT2D eigenvalue weighted by atomic mass is 10.1. The molecule has 1 aliphatic carbocycles. The molecule has 1 fully saturated rings. The lowest BCUT2D eigenvalue weighted by Crippen LogP contribution is -2.42. The fourth-order valence-electron chi connectivity index (χ4n) is 2.51. The molecule has 21 heavy (non-hydrogen) atoms. The summed E-state index contributed by atoms with van der Waals surface area (Å²) in [4.78, 5) is 28.3. The normalized spacial score (nSPS) is 22.8. The number of carboxylic acids is 1. The number of carboxylic acid groups (broad SMARTS) is 1. The van der Waals surface area contributed by atoms with Gasteiger partial charge in [0.25, 0.3) is 0 Å². The number of amides is 2. The van der Waals surface area contributed by atoms with E-state index in [0.29, 0.717) is 12.8 Å². The average Bonchev–Trinajstić information content (AvgIpc) is 3.06. The van der Waals surface area contributed by atoms with Crippen LogP contribution in [0.15, 0.2) is 6.20 Å². The standard InChI is InChI=1S/C14H21N3O3S/c1-3-11-7-15-12(21-11)8(2)16-14(20)17-10-5-4-9(6-10)13(18)19/h7-10H,3-6H2,1-2H3,(H,18,19)(H2,16,17,20). The first-order valence-electron chi connectivity index (χ1n) is 7.24. The first-order chi connectivity index (χ1) is 9.99. The van der Waals surface area contributed by atoms with Gasteiger partial charge in [-0.05, 0) is 32.6 Å². The van der Waals surface area contributed by atoms with Crippen LogP contribution in [0.25, 0.3) is 0 Å². The van der Waals surface area contributed by atoms with Crippen molar-refractivity contribution < 1.29 is 14.7 Å². The van der Waals surface area contributed by atoms with E-state index >= 15 is 0 Å². The molecule has 1 saturated carbocycles. The summed E-state index contributed by atoms with van der Waals surface area (Å²) in [5, 5.41) is 15.5. The molecule has 1 aromatic rings. The van der Waals surface area contributed by atoms with Crippen molar-refractivity contribution in [1.82, 2.24) is 15.6 Å². The quantitative estimate of drug-likeness (QED) is 0.778. The Labute approximate surface area is 128 Å². The second-order valence-corrected chi connectivity index (χ2v) is 6.55. The molecule has 0 aromatic carbocycles. The number of hydrogen-bond donors (Lipinski definition) is 3. The minimum Gasteiger partial charge on any atom is -0.481 e. The summed E-state index contributed by atoms with van der Waals surface area (Å²) in [5.41, 5.74) is 0. The minimum absolute atomic E-state index is 0.0548. The number of nitrogens with one attached hydrogen (secondary N) is 2. The largest absolute Gasteiger partial charge is 0.481 e. The van der Waals surface area contributed by atoms with E-state index in [-0.39, 0.29) is 24.0 Å². The smallest absolute Gasteiger partial charge is 0.315 e. The van der Waals surface area contributed by atoms with Crippen molar-refractivity contribution in [2.75, 3.05) is 0 Å². The highest BCUT2D eigenvalue weighted by molar-refractivity contribution is 7.11. The fraction of sp³-hybridized carbons (Fsp3) is 0.643. The predicted molar refractivity (Wildman–Crippen MR) is 80.3 cm³/mol. The Morgan fingerprint density at radius 2 is 2.29 bits per heavy atom. The molecule has 1 aromatic heterocycles. The van der Waals surface area contributed by atoms with Crippen LogP contribution >= 0.6 is 11.3 Å². The molecule has 2 amide bonds. The molecule has 2 rings (SSSR count). The maximum Gasteiger partial charge on any atom is 0.315 e. The van der Waals surface area contributed by atoms with E-state index in [1.807, 2.05) is 13.1 Å². The average molecular weight is 311 g/mol. The highest BCUT2D eigenvalue weighted by Gasteiger charge is 2.30. The molecule has 7 heteroatoms. The summed E-state index contributed by atoms with van der Waals surface area (Å²) >= 11 is 1.60. The van der Waals surface area contributed by atoms with Gasteiger partial charge in [-0.2, -0.15) is 0 Å². The molecule has 0 aliphatic heterocycles. The van der Waals surface area contributed by atoms with Gasteiger partial charge in [-0.3, -0.25) is 4.79 Å². The van der Waals surface area contributed by atoms with Crippen LogP contribution < -0.4 is 10.6 Å². The molecule has 0 saturated heterocycles. The van der Waals surface area contributed by atoms with E-state index in [0.717, 1.165) is 17.8 Å². The van der Waals surface area contributed by atoms with Gasteiger partial charge in [-0.25, -0.2) is 9.78 Å². The molecule has 1 heterocycles. The summed E-state index contributed by atoms with van der Waals surface area (Å²) in [6.07, 6.45) is 4.63. The monoisotopic (exact) mass is 311 g/mol. The Morgan fingerprint density at radius 1 is 1.52 bits per heavy atom. The van der Waals surface area contributed by atoms with Crippen LogP contribution in [0, 0.1) is 5.92 Å². The Kier molecular flexibility index (Phi) is 5.17. The molecule has 3 N–H and O–H groups in total. The number of nitrogens with zero attached hydrogens (tertiary/aromatic N) is 1. The van der Waals surface area contributed by atoms with Crippen LogP contribution in [0.2, 0.25) is 0 Å². The number of aryl methyl sites for hydroxylation is 1. The predicted octanol–water partition coefficient (Wildman–Crippen LogP) is 2.32. The fourth-order valence-corrected chi connectivity index (χ4v) is 3.37. The Hall–Kier alpha value is -1.63. The lowest BCUT2D eigenvalue weighted by Gasteiger charge is -2.16. The maximum atomic E-state index is 11.9. The van der Waals surface area contributed by atoms with Crippen molar-refractivity contribution in [2.24, 2.45) is 5.92 Å². The van der Waals surface area contributed by atoms with Crippen LogP contribution in [-0.4, -0.2) is 28.1 Å². The number of aliphatic carboxylic acids is 1. The number of carbonyl (C=O) groups is 2. The van der Waals surface area contributed by atoms with E-state index in [2.05, 4.69) is 22.5 Å². The highest BCUT2D eigenvalue weighted by atomic mass is 32.1. The van der Waals surface area contributed by atoms with Crippen molar-refractivity contribution in [2.45, 2.75) is 51.6 Å². The van der Waals surface area contributed by atoms with Gasteiger partial charge in [0.05, 0.1) is 12.0 Å². The summed E-state index contributed by atoms with van der Waals surface area (Å²) in [6.45, 7) is 3.97. The molecule has 0 radical (unpaired) electrons. The molecule has 0 bridgehead atoms. The number of thiazole rings is 1. The molecule has 6 nitrogen and oxygen atoms in total. The summed E-state index contributed by atoms with van der Waals surface area (Å²) in [6, 6.07) is -0.459. The van der Waals surface area contributed by atoms with Gasteiger partial charge in [0.1, 0.15) is 5.01 Å². The molecule has 1 aliphatic rings. The van der Waals surface area contributed by atoms with Crippen LogP contribution in [0.5, 0.6) is 0 Å². The van der Waals surface area contributed by atoms with Gasteiger partial charge in [0.2, 0.25) is 0 Å². The molecule has 0 spiro atoms. The van der Waals surface area contributed by atoms with Crippen LogP contribution in [0.4, 0.5) is 4.79 Å². The van der Waals surface area contributed by atoms with E-state index in [1.54, 1.807) is 11.3 Å². The third-order valence-electron chi connectivity index (χ3n) is 3.76. The number of aromatic nitrogens is 1. The van der Waals surface area contributed by atoms with Crippen molar-refractivity contribution >= 4 is 23.3 Å². The van der Waals surface area contributed by atoms with Gasteiger partial charge in [-0.15, -0.1) is 11.3 Å².